The van der Waals surface area contributed by atoms with E-state index in [2.05, 4.69) is 43.0 Å². The lowest BCUT2D eigenvalue weighted by Gasteiger charge is -2.08. The molecule has 0 saturated carbocycles. The minimum atomic E-state index is 0.804. The lowest BCUT2D eigenvalue weighted by atomic mass is 10.1. The van der Waals surface area contributed by atoms with E-state index in [1.807, 2.05) is 18.2 Å². The van der Waals surface area contributed by atoms with Crippen LogP contribution in [0.3, 0.4) is 0 Å². The molecule has 140 valence electrons. The Morgan fingerprint density at radius 3 is 1.73 bits per heavy atom. The maximum Gasteiger partial charge on any atom is 0.119 e. The second kappa shape index (κ2) is 12.2. The molecular formula is C24H32O2. The second-order valence-corrected chi connectivity index (χ2v) is 6.65. The molecule has 2 aromatic rings. The summed E-state index contributed by atoms with van der Waals surface area (Å²) >= 11 is 0. The third kappa shape index (κ3) is 7.35. The van der Waals surface area contributed by atoms with Crippen molar-refractivity contribution in [1.82, 2.24) is 0 Å². The van der Waals surface area contributed by atoms with Crippen molar-refractivity contribution in [1.29, 1.82) is 0 Å². The van der Waals surface area contributed by atoms with Gasteiger partial charge in [-0.05, 0) is 54.7 Å². The molecule has 0 N–H and O–H groups in total. The molecule has 26 heavy (non-hydrogen) atoms. The van der Waals surface area contributed by atoms with Gasteiger partial charge in [0.05, 0.1) is 13.7 Å². The van der Waals surface area contributed by atoms with Crippen LogP contribution < -0.4 is 9.47 Å². The van der Waals surface area contributed by atoms with Crippen molar-refractivity contribution in [3.05, 3.63) is 61.2 Å². The molecule has 0 bridgehead atoms. The average Bonchev–Trinajstić information content (AvgIpc) is 2.70. The summed E-state index contributed by atoms with van der Waals surface area (Å²) in [6.45, 7) is 4.57. The number of methoxy groups -OCH3 is 1. The zero-order valence-electron chi connectivity index (χ0n) is 16.1. The molecule has 0 aliphatic heterocycles. The van der Waals surface area contributed by atoms with Crippen LogP contribution in [0.5, 0.6) is 11.5 Å². The fourth-order valence-electron chi connectivity index (χ4n) is 2.99. The van der Waals surface area contributed by atoms with Crippen LogP contribution in [-0.4, -0.2) is 13.7 Å². The van der Waals surface area contributed by atoms with Crippen LogP contribution in [0.1, 0.15) is 51.4 Å². The van der Waals surface area contributed by atoms with Gasteiger partial charge >= 0.3 is 0 Å². The van der Waals surface area contributed by atoms with Crippen LogP contribution in [0.2, 0.25) is 0 Å². The third-order valence-corrected chi connectivity index (χ3v) is 4.60. The number of hydrogen-bond acceptors (Lipinski definition) is 2. The highest BCUT2D eigenvalue weighted by molar-refractivity contribution is 5.64. The highest BCUT2D eigenvalue weighted by Crippen LogP contribution is 2.24. The SMILES string of the molecule is C=CCCCCCCCCCOc1ccc(-c2ccc(OC)cc2)cc1. The van der Waals surface area contributed by atoms with Gasteiger partial charge in [-0.2, -0.15) is 0 Å². The molecule has 2 aromatic carbocycles. The minimum absolute atomic E-state index is 0.804. The molecule has 2 heteroatoms. The maximum atomic E-state index is 5.86. The summed E-state index contributed by atoms with van der Waals surface area (Å²) in [5, 5.41) is 0. The van der Waals surface area contributed by atoms with Gasteiger partial charge in [-0.3, -0.25) is 0 Å². The Morgan fingerprint density at radius 2 is 1.19 bits per heavy atom. The summed E-state index contributed by atoms with van der Waals surface area (Å²) in [5.41, 5.74) is 2.38. The fourth-order valence-corrected chi connectivity index (χ4v) is 2.99. The van der Waals surface area contributed by atoms with Gasteiger partial charge in [0.25, 0.3) is 0 Å². The van der Waals surface area contributed by atoms with E-state index >= 15 is 0 Å². The third-order valence-electron chi connectivity index (χ3n) is 4.60. The normalized spacial score (nSPS) is 10.5. The molecule has 0 heterocycles. The molecule has 0 spiro atoms. The standard InChI is InChI=1S/C24H32O2/c1-3-4-5-6-7-8-9-10-11-20-26-24-18-14-22(15-19-24)21-12-16-23(25-2)17-13-21/h3,12-19H,1,4-11,20H2,2H3. The van der Waals surface area contributed by atoms with Crippen LogP contribution in [0.25, 0.3) is 11.1 Å². The summed E-state index contributed by atoms with van der Waals surface area (Å²) in [7, 11) is 1.69. The molecule has 0 saturated heterocycles. The Morgan fingerprint density at radius 1 is 0.692 bits per heavy atom. The van der Waals surface area contributed by atoms with E-state index in [4.69, 9.17) is 9.47 Å². The monoisotopic (exact) mass is 352 g/mol. The largest absolute Gasteiger partial charge is 0.497 e. The Hall–Kier alpha value is -2.22. The van der Waals surface area contributed by atoms with E-state index in [1.165, 1.54) is 49.7 Å². The van der Waals surface area contributed by atoms with Gasteiger partial charge in [0.2, 0.25) is 0 Å². The zero-order valence-corrected chi connectivity index (χ0v) is 16.1. The van der Waals surface area contributed by atoms with Crippen molar-refractivity contribution in [3.63, 3.8) is 0 Å². The van der Waals surface area contributed by atoms with Gasteiger partial charge in [0.1, 0.15) is 11.5 Å². The topological polar surface area (TPSA) is 18.5 Å². The van der Waals surface area contributed by atoms with Gasteiger partial charge in [-0.15, -0.1) is 6.58 Å². The first-order valence-corrected chi connectivity index (χ1v) is 9.81. The van der Waals surface area contributed by atoms with Crippen molar-refractivity contribution in [2.75, 3.05) is 13.7 Å². The van der Waals surface area contributed by atoms with E-state index in [0.29, 0.717) is 0 Å². The van der Waals surface area contributed by atoms with E-state index in [9.17, 15) is 0 Å². The van der Waals surface area contributed by atoms with Crippen molar-refractivity contribution in [3.8, 4) is 22.6 Å². The predicted octanol–water partition coefficient (Wildman–Crippen LogP) is 7.05. The molecule has 0 fully saturated rings. The lowest BCUT2D eigenvalue weighted by molar-refractivity contribution is 0.304. The predicted molar refractivity (Wildman–Crippen MR) is 111 cm³/mol. The summed E-state index contributed by atoms with van der Waals surface area (Å²) in [5.74, 6) is 1.83. The number of benzene rings is 2. The highest BCUT2D eigenvalue weighted by Gasteiger charge is 2.00. The van der Waals surface area contributed by atoms with Gasteiger partial charge in [-0.25, -0.2) is 0 Å². The lowest BCUT2D eigenvalue weighted by Crippen LogP contribution is -1.97. The van der Waals surface area contributed by atoms with E-state index in [0.717, 1.165) is 30.9 Å². The number of allylic oxidation sites excluding steroid dienone is 1. The Kier molecular flexibility index (Phi) is 9.42. The highest BCUT2D eigenvalue weighted by atomic mass is 16.5. The Labute approximate surface area is 158 Å². The van der Waals surface area contributed by atoms with Crippen molar-refractivity contribution in [2.45, 2.75) is 51.4 Å². The van der Waals surface area contributed by atoms with Crippen LogP contribution in [0, 0.1) is 0 Å². The fraction of sp³-hybridized carbons (Fsp3) is 0.417. The van der Waals surface area contributed by atoms with Crippen LogP contribution >= 0.6 is 0 Å². The van der Waals surface area contributed by atoms with E-state index < -0.39 is 0 Å². The van der Waals surface area contributed by atoms with E-state index in [-0.39, 0.29) is 0 Å². The first-order valence-electron chi connectivity index (χ1n) is 9.81. The Balaban J connectivity index is 1.61. The van der Waals surface area contributed by atoms with Crippen molar-refractivity contribution in [2.24, 2.45) is 0 Å². The van der Waals surface area contributed by atoms with Gasteiger partial charge < -0.3 is 9.47 Å². The molecule has 2 nitrogen and oxygen atoms in total. The van der Waals surface area contributed by atoms with Crippen LogP contribution in [-0.2, 0) is 0 Å². The van der Waals surface area contributed by atoms with Gasteiger partial charge in [0, 0.05) is 0 Å². The summed E-state index contributed by atoms with van der Waals surface area (Å²) in [6, 6.07) is 16.5. The quantitative estimate of drug-likeness (QED) is 0.284. The summed E-state index contributed by atoms with van der Waals surface area (Å²) in [4.78, 5) is 0. The number of hydrogen-bond donors (Lipinski definition) is 0. The van der Waals surface area contributed by atoms with E-state index in [1.54, 1.807) is 7.11 Å². The van der Waals surface area contributed by atoms with Crippen molar-refractivity contribution >= 4 is 0 Å². The first kappa shape index (κ1) is 20.1. The number of ether oxygens (including phenoxy) is 2. The zero-order chi connectivity index (χ0) is 18.5. The minimum Gasteiger partial charge on any atom is -0.497 e. The molecule has 0 aromatic heterocycles. The molecule has 0 radical (unpaired) electrons. The summed E-state index contributed by atoms with van der Waals surface area (Å²) < 4.78 is 11.1. The van der Waals surface area contributed by atoms with Crippen LogP contribution in [0.4, 0.5) is 0 Å². The Bertz CT molecular complexity index is 614. The summed E-state index contributed by atoms with van der Waals surface area (Å²) in [6.07, 6.45) is 12.2. The molecule has 2 rings (SSSR count). The maximum absolute atomic E-state index is 5.86. The van der Waals surface area contributed by atoms with Crippen LogP contribution in [0.15, 0.2) is 61.2 Å². The van der Waals surface area contributed by atoms with Gasteiger partial charge in [-0.1, -0.05) is 62.4 Å². The number of unbranched alkanes of at least 4 members (excludes halogenated alkanes) is 7. The molecule has 0 unspecified atom stereocenters. The average molecular weight is 353 g/mol. The van der Waals surface area contributed by atoms with Crippen molar-refractivity contribution < 1.29 is 9.47 Å². The smallest absolute Gasteiger partial charge is 0.119 e. The number of rotatable bonds is 13. The molecule has 0 aliphatic rings. The molecular weight excluding hydrogens is 320 g/mol. The first-order chi connectivity index (χ1) is 12.8. The molecule has 0 amide bonds. The second-order valence-electron chi connectivity index (χ2n) is 6.65. The van der Waals surface area contributed by atoms with Gasteiger partial charge in [0.15, 0.2) is 0 Å². The molecule has 0 atom stereocenters. The molecule has 0 aliphatic carbocycles.